The van der Waals surface area contributed by atoms with Crippen LogP contribution in [0.15, 0.2) is 24.3 Å². The normalized spacial score (nSPS) is 17.2. The maximum atomic E-state index is 10.9. The lowest BCUT2D eigenvalue weighted by Gasteiger charge is -2.24. The highest BCUT2D eigenvalue weighted by atomic mass is 16.5. The summed E-state index contributed by atoms with van der Waals surface area (Å²) in [5.74, 6) is -0.758. The molecular formula is C16H22O3. The fourth-order valence-corrected chi connectivity index (χ4v) is 2.55. The summed E-state index contributed by atoms with van der Waals surface area (Å²) in [6.07, 6.45) is 3.30. The predicted molar refractivity (Wildman–Crippen MR) is 74.4 cm³/mol. The van der Waals surface area contributed by atoms with Gasteiger partial charge in [-0.25, -0.2) is 0 Å². The van der Waals surface area contributed by atoms with Gasteiger partial charge in [0.15, 0.2) is 0 Å². The number of methoxy groups -OCH3 is 1. The highest BCUT2D eigenvalue weighted by molar-refractivity contribution is 5.68. The molecule has 0 bridgehead atoms. The highest BCUT2D eigenvalue weighted by Gasteiger charge is 2.42. The van der Waals surface area contributed by atoms with Crippen LogP contribution in [-0.2, 0) is 21.4 Å². The number of rotatable bonds is 6. The van der Waals surface area contributed by atoms with E-state index in [2.05, 4.69) is 12.1 Å². The second kappa shape index (κ2) is 4.97. The molecular weight excluding hydrogens is 240 g/mol. The summed E-state index contributed by atoms with van der Waals surface area (Å²) in [5.41, 5.74) is 2.01. The van der Waals surface area contributed by atoms with Gasteiger partial charge >= 0.3 is 5.97 Å². The maximum absolute atomic E-state index is 10.9. The molecule has 1 N–H and O–H groups in total. The van der Waals surface area contributed by atoms with Gasteiger partial charge < -0.3 is 9.84 Å². The van der Waals surface area contributed by atoms with Crippen molar-refractivity contribution in [1.82, 2.24) is 0 Å². The molecule has 0 aromatic heterocycles. The Kier molecular flexibility index (Phi) is 3.68. The van der Waals surface area contributed by atoms with Crippen LogP contribution in [-0.4, -0.2) is 23.8 Å². The Bertz CT molecular complexity index is 473. The van der Waals surface area contributed by atoms with Gasteiger partial charge in [-0.15, -0.1) is 0 Å². The van der Waals surface area contributed by atoms with E-state index >= 15 is 0 Å². The molecule has 1 aromatic rings. The second-order valence-corrected chi connectivity index (χ2v) is 6.22. The topological polar surface area (TPSA) is 46.5 Å². The minimum absolute atomic E-state index is 0.0373. The van der Waals surface area contributed by atoms with Crippen LogP contribution in [0, 0.1) is 0 Å². The minimum atomic E-state index is -0.758. The molecule has 0 aliphatic heterocycles. The number of carboxylic acid groups (broad SMARTS) is 1. The van der Waals surface area contributed by atoms with Crippen LogP contribution in [0.2, 0.25) is 0 Å². The smallest absolute Gasteiger partial charge is 0.304 e. The summed E-state index contributed by atoms with van der Waals surface area (Å²) in [6, 6.07) is 8.25. The van der Waals surface area contributed by atoms with Crippen molar-refractivity contribution in [2.45, 2.75) is 50.5 Å². The van der Waals surface area contributed by atoms with Crippen LogP contribution in [0.25, 0.3) is 0 Å². The van der Waals surface area contributed by atoms with Gasteiger partial charge in [0.25, 0.3) is 0 Å². The first kappa shape index (κ1) is 14.1. The van der Waals surface area contributed by atoms with Crippen molar-refractivity contribution in [3.05, 3.63) is 35.4 Å². The van der Waals surface area contributed by atoms with E-state index < -0.39 is 5.97 Å². The lowest BCUT2D eigenvalue weighted by molar-refractivity contribution is -0.138. The molecule has 1 fully saturated rings. The first-order valence-electron chi connectivity index (χ1n) is 6.73. The first-order valence-corrected chi connectivity index (χ1v) is 6.73. The van der Waals surface area contributed by atoms with Crippen molar-refractivity contribution in [3.8, 4) is 0 Å². The van der Waals surface area contributed by atoms with Gasteiger partial charge in [0, 0.05) is 18.9 Å². The summed E-state index contributed by atoms with van der Waals surface area (Å²) in [4.78, 5) is 10.9. The zero-order chi connectivity index (χ0) is 14.1. The molecule has 3 nitrogen and oxygen atoms in total. The van der Waals surface area contributed by atoms with Crippen molar-refractivity contribution in [1.29, 1.82) is 0 Å². The zero-order valence-corrected chi connectivity index (χ0v) is 11.9. The molecule has 0 amide bonds. The Morgan fingerprint density at radius 2 is 2.11 bits per heavy atom. The quantitative estimate of drug-likeness (QED) is 0.856. The summed E-state index contributed by atoms with van der Waals surface area (Å²) < 4.78 is 5.55. The van der Waals surface area contributed by atoms with E-state index in [9.17, 15) is 4.79 Å². The number of carboxylic acids is 1. The van der Waals surface area contributed by atoms with Gasteiger partial charge in [-0.2, -0.15) is 0 Å². The summed E-state index contributed by atoms with van der Waals surface area (Å²) in [6.45, 7) is 3.95. The number of ether oxygens (including phenoxy) is 1. The van der Waals surface area contributed by atoms with Crippen molar-refractivity contribution < 1.29 is 14.6 Å². The molecule has 1 aliphatic carbocycles. The Hall–Kier alpha value is -1.35. The lowest BCUT2D eigenvalue weighted by Crippen LogP contribution is -2.22. The van der Waals surface area contributed by atoms with E-state index in [0.717, 1.165) is 24.8 Å². The molecule has 0 saturated heterocycles. The van der Waals surface area contributed by atoms with Crippen LogP contribution in [0.1, 0.15) is 44.2 Å². The molecule has 19 heavy (non-hydrogen) atoms. The molecule has 2 rings (SSSR count). The van der Waals surface area contributed by atoms with E-state index in [-0.39, 0.29) is 17.4 Å². The largest absolute Gasteiger partial charge is 0.481 e. The Labute approximate surface area is 114 Å². The van der Waals surface area contributed by atoms with Gasteiger partial charge in [-0.1, -0.05) is 38.1 Å². The second-order valence-electron chi connectivity index (χ2n) is 6.22. The average Bonchev–Trinajstić information content (AvgIpc) is 3.08. The number of hydrogen-bond acceptors (Lipinski definition) is 2. The summed E-state index contributed by atoms with van der Waals surface area (Å²) in [5, 5.41) is 8.99. The molecule has 1 aliphatic rings. The van der Waals surface area contributed by atoms with E-state index in [4.69, 9.17) is 9.84 Å². The monoisotopic (exact) mass is 262 g/mol. The average molecular weight is 262 g/mol. The van der Waals surface area contributed by atoms with Crippen LogP contribution < -0.4 is 0 Å². The fourth-order valence-electron chi connectivity index (χ4n) is 2.55. The van der Waals surface area contributed by atoms with Crippen molar-refractivity contribution >= 4 is 5.97 Å². The lowest BCUT2D eigenvalue weighted by atomic mass is 9.80. The molecule has 1 aromatic carbocycles. The number of aliphatic carboxylic acids is 1. The van der Waals surface area contributed by atoms with Crippen LogP contribution in [0.4, 0.5) is 0 Å². The van der Waals surface area contributed by atoms with Gasteiger partial charge in [-0.05, 0) is 24.0 Å². The van der Waals surface area contributed by atoms with Crippen molar-refractivity contribution in [2.24, 2.45) is 0 Å². The third-order valence-corrected chi connectivity index (χ3v) is 4.07. The molecule has 0 heterocycles. The third kappa shape index (κ3) is 3.35. The SMILES string of the molecule is COC1(Cc2cccc(C(C)(C)CC(=O)O)c2)CC1. The number of carbonyl (C=O) groups is 1. The van der Waals surface area contributed by atoms with Gasteiger partial charge in [-0.3, -0.25) is 4.79 Å². The standard InChI is InChI=1S/C16H22O3/c1-15(2,11-14(17)18)13-6-4-5-12(9-13)10-16(19-3)7-8-16/h4-6,9H,7-8,10-11H2,1-3H3,(H,17,18). The fraction of sp³-hybridized carbons (Fsp3) is 0.562. The van der Waals surface area contributed by atoms with Crippen LogP contribution in [0.5, 0.6) is 0 Å². The number of benzene rings is 1. The molecule has 1 saturated carbocycles. The summed E-state index contributed by atoms with van der Waals surface area (Å²) >= 11 is 0. The van der Waals surface area contributed by atoms with Gasteiger partial charge in [0.2, 0.25) is 0 Å². The highest BCUT2D eigenvalue weighted by Crippen LogP contribution is 2.42. The Morgan fingerprint density at radius 3 is 2.63 bits per heavy atom. The van der Waals surface area contributed by atoms with Crippen molar-refractivity contribution in [3.63, 3.8) is 0 Å². The van der Waals surface area contributed by atoms with E-state index in [1.807, 2.05) is 26.0 Å². The molecule has 0 unspecified atom stereocenters. The first-order chi connectivity index (χ1) is 8.87. The minimum Gasteiger partial charge on any atom is -0.481 e. The van der Waals surface area contributed by atoms with E-state index in [1.54, 1.807) is 7.11 Å². The van der Waals surface area contributed by atoms with Crippen LogP contribution in [0.3, 0.4) is 0 Å². The van der Waals surface area contributed by atoms with E-state index in [0.29, 0.717) is 0 Å². The molecule has 0 spiro atoms. The third-order valence-electron chi connectivity index (χ3n) is 4.07. The Balaban J connectivity index is 2.17. The predicted octanol–water partition coefficient (Wildman–Crippen LogP) is 3.16. The van der Waals surface area contributed by atoms with Crippen LogP contribution >= 0.6 is 0 Å². The molecule has 104 valence electrons. The molecule has 0 radical (unpaired) electrons. The zero-order valence-electron chi connectivity index (χ0n) is 11.9. The van der Waals surface area contributed by atoms with Crippen molar-refractivity contribution in [2.75, 3.05) is 7.11 Å². The summed E-state index contributed by atoms with van der Waals surface area (Å²) in [7, 11) is 1.77. The molecule has 0 atom stereocenters. The molecule has 3 heteroatoms. The number of hydrogen-bond donors (Lipinski definition) is 1. The van der Waals surface area contributed by atoms with E-state index in [1.165, 1.54) is 5.56 Å². The van der Waals surface area contributed by atoms with Gasteiger partial charge in [0.05, 0.1) is 12.0 Å². The van der Waals surface area contributed by atoms with Gasteiger partial charge in [0.1, 0.15) is 0 Å². The maximum Gasteiger partial charge on any atom is 0.304 e. The Morgan fingerprint density at radius 1 is 1.42 bits per heavy atom.